The highest BCUT2D eigenvalue weighted by molar-refractivity contribution is 6.31. The van der Waals surface area contributed by atoms with Crippen molar-refractivity contribution in [2.24, 2.45) is 5.92 Å². The molecule has 1 aromatic heterocycles. The summed E-state index contributed by atoms with van der Waals surface area (Å²) >= 11 is 5.96. The molecule has 0 amide bonds. The van der Waals surface area contributed by atoms with Gasteiger partial charge in [0, 0.05) is 22.1 Å². The van der Waals surface area contributed by atoms with Crippen LogP contribution in [0.2, 0.25) is 5.02 Å². The first-order valence-corrected chi connectivity index (χ1v) is 6.55. The van der Waals surface area contributed by atoms with Gasteiger partial charge in [-0.15, -0.1) is 0 Å². The zero-order chi connectivity index (χ0) is 11.8. The lowest BCUT2D eigenvalue weighted by Gasteiger charge is -2.13. The molecule has 1 saturated carbocycles. The summed E-state index contributed by atoms with van der Waals surface area (Å²) in [5.41, 5.74) is 2.38. The maximum atomic E-state index is 9.87. The average Bonchev–Trinajstić information content (AvgIpc) is 2.87. The molecule has 90 valence electrons. The number of aromatic amines is 1. The summed E-state index contributed by atoms with van der Waals surface area (Å²) in [6.45, 7) is 0. The van der Waals surface area contributed by atoms with Crippen LogP contribution in [-0.4, -0.2) is 16.2 Å². The predicted molar refractivity (Wildman–Crippen MR) is 70.4 cm³/mol. The van der Waals surface area contributed by atoms with Gasteiger partial charge < -0.3 is 10.1 Å². The topological polar surface area (TPSA) is 36.0 Å². The number of hydrogen-bond acceptors (Lipinski definition) is 1. The van der Waals surface area contributed by atoms with E-state index in [0.717, 1.165) is 36.2 Å². The van der Waals surface area contributed by atoms with Gasteiger partial charge in [0.25, 0.3) is 0 Å². The van der Waals surface area contributed by atoms with Crippen molar-refractivity contribution in [2.45, 2.75) is 31.8 Å². The maximum Gasteiger partial charge on any atom is 0.0571 e. The Hall–Kier alpha value is -0.990. The molecule has 2 unspecified atom stereocenters. The number of halogens is 1. The summed E-state index contributed by atoms with van der Waals surface area (Å²) in [6, 6.07) is 5.93. The van der Waals surface area contributed by atoms with Crippen LogP contribution in [-0.2, 0) is 6.42 Å². The third-order valence-electron chi connectivity index (χ3n) is 3.83. The fourth-order valence-corrected chi connectivity index (χ4v) is 3.04. The van der Waals surface area contributed by atoms with Crippen LogP contribution in [0.5, 0.6) is 0 Å². The van der Waals surface area contributed by atoms with Gasteiger partial charge in [0.1, 0.15) is 0 Å². The second-order valence-electron chi connectivity index (χ2n) is 4.97. The number of H-pyrrole nitrogens is 1. The highest BCUT2D eigenvalue weighted by atomic mass is 35.5. The van der Waals surface area contributed by atoms with E-state index in [9.17, 15) is 5.11 Å². The predicted octanol–water partition coefficient (Wildman–Crippen LogP) is 3.52. The molecule has 3 rings (SSSR count). The lowest BCUT2D eigenvalue weighted by molar-refractivity contribution is 0.133. The Kier molecular flexibility index (Phi) is 2.85. The molecule has 0 spiro atoms. The van der Waals surface area contributed by atoms with Crippen LogP contribution >= 0.6 is 11.6 Å². The van der Waals surface area contributed by atoms with Gasteiger partial charge in [0.05, 0.1) is 6.10 Å². The van der Waals surface area contributed by atoms with Gasteiger partial charge in [-0.05, 0) is 42.9 Å². The Bertz CT molecular complexity index is 534. The molecule has 1 aliphatic rings. The minimum absolute atomic E-state index is 0.118. The molecule has 0 radical (unpaired) electrons. The maximum absolute atomic E-state index is 9.87. The van der Waals surface area contributed by atoms with Crippen LogP contribution in [0.15, 0.2) is 24.4 Å². The number of aliphatic hydroxyl groups is 1. The first-order valence-electron chi connectivity index (χ1n) is 6.17. The number of rotatable bonds is 2. The molecule has 0 bridgehead atoms. The molecule has 3 heteroatoms. The first-order chi connectivity index (χ1) is 8.24. The van der Waals surface area contributed by atoms with Crippen molar-refractivity contribution in [3.63, 3.8) is 0 Å². The Labute approximate surface area is 106 Å². The average molecular weight is 250 g/mol. The summed E-state index contributed by atoms with van der Waals surface area (Å²) in [5.74, 6) is 0.421. The fourth-order valence-electron chi connectivity index (χ4n) is 2.87. The van der Waals surface area contributed by atoms with Gasteiger partial charge in [-0.25, -0.2) is 0 Å². The van der Waals surface area contributed by atoms with Crippen molar-refractivity contribution in [3.05, 3.63) is 35.0 Å². The quantitative estimate of drug-likeness (QED) is 0.839. The van der Waals surface area contributed by atoms with Gasteiger partial charge in [0.15, 0.2) is 0 Å². The standard InChI is InChI=1S/C14H16ClNO/c15-11-4-5-12-10(8-16-13(12)7-11)6-9-2-1-3-14(9)17/h4-5,7-9,14,16-17H,1-3,6H2. The smallest absolute Gasteiger partial charge is 0.0571 e. The zero-order valence-electron chi connectivity index (χ0n) is 9.62. The minimum Gasteiger partial charge on any atom is -0.393 e. The van der Waals surface area contributed by atoms with Crippen LogP contribution in [0.1, 0.15) is 24.8 Å². The van der Waals surface area contributed by atoms with Crippen LogP contribution in [0.3, 0.4) is 0 Å². The normalized spacial score (nSPS) is 24.6. The molecule has 2 nitrogen and oxygen atoms in total. The van der Waals surface area contributed by atoms with Crippen LogP contribution in [0.4, 0.5) is 0 Å². The Morgan fingerprint density at radius 3 is 3.00 bits per heavy atom. The number of aromatic nitrogens is 1. The first kappa shape index (κ1) is 11.1. The van der Waals surface area contributed by atoms with Gasteiger partial charge in [-0.3, -0.25) is 0 Å². The molecule has 2 aromatic rings. The van der Waals surface area contributed by atoms with Crippen molar-refractivity contribution in [1.29, 1.82) is 0 Å². The van der Waals surface area contributed by atoms with E-state index in [1.165, 1.54) is 10.9 Å². The summed E-state index contributed by atoms with van der Waals surface area (Å²) in [7, 11) is 0. The molecular formula is C14H16ClNO. The lowest BCUT2D eigenvalue weighted by atomic mass is 9.96. The molecule has 1 fully saturated rings. The van der Waals surface area contributed by atoms with E-state index >= 15 is 0 Å². The van der Waals surface area contributed by atoms with E-state index in [4.69, 9.17) is 11.6 Å². The zero-order valence-corrected chi connectivity index (χ0v) is 10.4. The van der Waals surface area contributed by atoms with Crippen LogP contribution < -0.4 is 0 Å². The monoisotopic (exact) mass is 249 g/mol. The van der Waals surface area contributed by atoms with Crippen molar-refractivity contribution in [1.82, 2.24) is 4.98 Å². The molecule has 1 aromatic carbocycles. The minimum atomic E-state index is -0.118. The number of nitrogens with one attached hydrogen (secondary N) is 1. The van der Waals surface area contributed by atoms with Gasteiger partial charge in [0.2, 0.25) is 0 Å². The number of hydrogen-bond donors (Lipinski definition) is 2. The van der Waals surface area contributed by atoms with E-state index < -0.39 is 0 Å². The fraction of sp³-hybridized carbons (Fsp3) is 0.429. The summed E-state index contributed by atoms with van der Waals surface area (Å²) in [6.07, 6.45) is 6.14. The van der Waals surface area contributed by atoms with Crippen molar-refractivity contribution < 1.29 is 5.11 Å². The van der Waals surface area contributed by atoms with Crippen molar-refractivity contribution in [3.8, 4) is 0 Å². The van der Waals surface area contributed by atoms with E-state index in [1.54, 1.807) is 0 Å². The third-order valence-corrected chi connectivity index (χ3v) is 4.07. The molecule has 1 heterocycles. The van der Waals surface area contributed by atoms with Crippen LogP contribution in [0, 0.1) is 5.92 Å². The molecule has 2 N–H and O–H groups in total. The van der Waals surface area contributed by atoms with Gasteiger partial charge in [-0.2, -0.15) is 0 Å². The van der Waals surface area contributed by atoms with Crippen molar-refractivity contribution >= 4 is 22.5 Å². The van der Waals surface area contributed by atoms with Gasteiger partial charge in [-0.1, -0.05) is 24.1 Å². The molecule has 0 aliphatic heterocycles. The lowest BCUT2D eigenvalue weighted by Crippen LogP contribution is -2.15. The number of aliphatic hydroxyl groups excluding tert-OH is 1. The van der Waals surface area contributed by atoms with E-state index in [-0.39, 0.29) is 6.10 Å². The van der Waals surface area contributed by atoms with Gasteiger partial charge >= 0.3 is 0 Å². The summed E-state index contributed by atoms with van der Waals surface area (Å²) in [4.78, 5) is 3.25. The molecule has 2 atom stereocenters. The van der Waals surface area contributed by atoms with E-state index in [1.807, 2.05) is 18.3 Å². The summed E-state index contributed by atoms with van der Waals surface area (Å²) < 4.78 is 0. The third kappa shape index (κ3) is 2.07. The Morgan fingerprint density at radius 2 is 2.24 bits per heavy atom. The highest BCUT2D eigenvalue weighted by Gasteiger charge is 2.25. The van der Waals surface area contributed by atoms with Crippen LogP contribution in [0.25, 0.3) is 10.9 Å². The Balaban J connectivity index is 1.90. The largest absolute Gasteiger partial charge is 0.393 e. The van der Waals surface area contributed by atoms with E-state index in [2.05, 4.69) is 11.1 Å². The summed E-state index contributed by atoms with van der Waals surface area (Å²) in [5, 5.41) is 11.9. The SMILES string of the molecule is OC1CCCC1Cc1c[nH]c2cc(Cl)ccc12. The molecule has 1 aliphatic carbocycles. The Morgan fingerprint density at radius 1 is 1.35 bits per heavy atom. The number of fused-ring (bicyclic) bond motifs is 1. The molecular weight excluding hydrogens is 234 g/mol. The second kappa shape index (κ2) is 4.35. The highest BCUT2D eigenvalue weighted by Crippen LogP contribution is 2.31. The molecule has 0 saturated heterocycles. The second-order valence-corrected chi connectivity index (χ2v) is 5.40. The van der Waals surface area contributed by atoms with Crippen molar-refractivity contribution in [2.75, 3.05) is 0 Å². The molecule has 17 heavy (non-hydrogen) atoms. The van der Waals surface area contributed by atoms with E-state index in [0.29, 0.717) is 5.92 Å². The number of benzene rings is 1.